The summed E-state index contributed by atoms with van der Waals surface area (Å²) in [5.41, 5.74) is 3.97. The number of ether oxygens (including phenoxy) is 2. The van der Waals surface area contributed by atoms with Crippen molar-refractivity contribution in [1.82, 2.24) is 5.32 Å². The van der Waals surface area contributed by atoms with Crippen LogP contribution in [0.3, 0.4) is 0 Å². The molecule has 6 nitrogen and oxygen atoms in total. The lowest BCUT2D eigenvalue weighted by atomic mass is 9.86. The Labute approximate surface area is 146 Å². The first-order chi connectivity index (χ1) is 12.1. The van der Waals surface area contributed by atoms with Crippen molar-refractivity contribution in [3.05, 3.63) is 62.7 Å². The molecule has 2 aromatic rings. The van der Waals surface area contributed by atoms with Crippen molar-refractivity contribution in [2.24, 2.45) is 0 Å². The summed E-state index contributed by atoms with van der Waals surface area (Å²) in [7, 11) is 2.94. The fourth-order valence-electron chi connectivity index (χ4n) is 3.55. The number of hydrogen-bond acceptors (Lipinski definition) is 5. The number of hydrogen-bond donors (Lipinski definition) is 1. The number of benzene rings is 2. The Hall–Kier alpha value is -2.60. The molecule has 25 heavy (non-hydrogen) atoms. The van der Waals surface area contributed by atoms with Crippen molar-refractivity contribution < 1.29 is 14.4 Å². The first-order valence-electron chi connectivity index (χ1n) is 8.26. The first kappa shape index (κ1) is 17.2. The Bertz CT molecular complexity index is 804. The van der Waals surface area contributed by atoms with E-state index in [9.17, 15) is 10.1 Å². The predicted octanol–water partition coefficient (Wildman–Crippen LogP) is 3.20. The van der Waals surface area contributed by atoms with E-state index in [1.807, 2.05) is 25.1 Å². The van der Waals surface area contributed by atoms with Gasteiger partial charge in [-0.15, -0.1) is 0 Å². The lowest BCUT2D eigenvalue weighted by Gasteiger charge is -2.21. The molecule has 1 atom stereocenters. The van der Waals surface area contributed by atoms with Crippen molar-refractivity contribution in [3.8, 4) is 11.5 Å². The maximum Gasteiger partial charge on any atom is 0.318 e. The van der Waals surface area contributed by atoms with Crippen LogP contribution < -0.4 is 14.8 Å². The van der Waals surface area contributed by atoms with Crippen molar-refractivity contribution in [1.29, 1.82) is 0 Å². The Morgan fingerprint density at radius 3 is 2.68 bits per heavy atom. The van der Waals surface area contributed by atoms with Crippen LogP contribution in [-0.2, 0) is 6.42 Å². The van der Waals surface area contributed by atoms with E-state index in [2.05, 4.69) is 17.4 Å². The molecule has 1 unspecified atom stereocenters. The van der Waals surface area contributed by atoms with Crippen molar-refractivity contribution >= 4 is 5.69 Å². The Kier molecular flexibility index (Phi) is 4.90. The lowest BCUT2D eigenvalue weighted by molar-refractivity contribution is -0.386. The summed E-state index contributed by atoms with van der Waals surface area (Å²) in [4.78, 5) is 11.4. The first-order valence-corrected chi connectivity index (χ1v) is 8.26. The zero-order valence-corrected chi connectivity index (χ0v) is 14.7. The van der Waals surface area contributed by atoms with E-state index in [4.69, 9.17) is 9.47 Å². The van der Waals surface area contributed by atoms with E-state index in [-0.39, 0.29) is 22.3 Å². The SMILES string of the molecule is COc1cc2c(c([N+](=O)[O-])c1OC)CCNCC2c1cccc(C)c1. The third kappa shape index (κ3) is 3.17. The summed E-state index contributed by atoms with van der Waals surface area (Å²) in [5, 5.41) is 15.2. The summed E-state index contributed by atoms with van der Waals surface area (Å²) in [6.07, 6.45) is 0.578. The highest BCUT2D eigenvalue weighted by Crippen LogP contribution is 2.45. The van der Waals surface area contributed by atoms with Crippen LogP contribution in [0.25, 0.3) is 0 Å². The standard InChI is InChI=1S/C19H22N2O4/c1-12-5-4-6-13(9-12)16-11-20-8-7-14-15(16)10-17(24-2)19(25-3)18(14)21(22)23/h4-6,9-10,16,20H,7-8,11H2,1-3H3. The van der Waals surface area contributed by atoms with E-state index < -0.39 is 0 Å². The highest BCUT2D eigenvalue weighted by Gasteiger charge is 2.32. The second-order valence-electron chi connectivity index (χ2n) is 6.21. The van der Waals surface area contributed by atoms with Crippen LogP contribution in [0.2, 0.25) is 0 Å². The third-order valence-electron chi connectivity index (χ3n) is 4.69. The quantitative estimate of drug-likeness (QED) is 0.682. The molecule has 132 valence electrons. The average Bonchev–Trinajstić information content (AvgIpc) is 2.81. The molecule has 0 saturated heterocycles. The van der Waals surface area contributed by atoms with Crippen LogP contribution in [0.4, 0.5) is 5.69 Å². The number of rotatable bonds is 4. The third-order valence-corrected chi connectivity index (χ3v) is 4.69. The van der Waals surface area contributed by atoms with Gasteiger partial charge in [0.2, 0.25) is 5.75 Å². The summed E-state index contributed by atoms with van der Waals surface area (Å²) in [5.74, 6) is 0.611. The van der Waals surface area contributed by atoms with Gasteiger partial charge in [0.05, 0.1) is 19.1 Å². The zero-order valence-electron chi connectivity index (χ0n) is 14.7. The van der Waals surface area contributed by atoms with E-state index in [0.717, 1.165) is 23.2 Å². The Balaban J connectivity index is 2.26. The van der Waals surface area contributed by atoms with Gasteiger partial charge in [0, 0.05) is 18.0 Å². The number of nitrogens with one attached hydrogen (secondary N) is 1. The van der Waals surface area contributed by atoms with Crippen molar-refractivity contribution in [2.45, 2.75) is 19.3 Å². The Morgan fingerprint density at radius 2 is 2.04 bits per heavy atom. The summed E-state index contributed by atoms with van der Waals surface area (Å²) in [6, 6.07) is 10.2. The van der Waals surface area contributed by atoms with Crippen molar-refractivity contribution in [2.75, 3.05) is 27.3 Å². The average molecular weight is 342 g/mol. The highest BCUT2D eigenvalue weighted by molar-refractivity contribution is 5.65. The van der Waals surface area contributed by atoms with Crippen LogP contribution in [0, 0.1) is 17.0 Å². The number of fused-ring (bicyclic) bond motifs is 1. The van der Waals surface area contributed by atoms with E-state index in [0.29, 0.717) is 18.7 Å². The molecule has 2 aromatic carbocycles. The van der Waals surface area contributed by atoms with Crippen LogP contribution in [0.1, 0.15) is 28.2 Å². The van der Waals surface area contributed by atoms with Crippen molar-refractivity contribution in [3.63, 3.8) is 0 Å². The van der Waals surface area contributed by atoms with Crippen LogP contribution in [-0.4, -0.2) is 32.2 Å². The molecule has 1 heterocycles. The number of nitro groups is 1. The van der Waals surface area contributed by atoms with Gasteiger partial charge in [0.1, 0.15) is 0 Å². The summed E-state index contributed by atoms with van der Waals surface area (Å²) < 4.78 is 10.7. The lowest BCUT2D eigenvalue weighted by Crippen LogP contribution is -2.20. The second-order valence-corrected chi connectivity index (χ2v) is 6.21. The molecule has 0 bridgehead atoms. The van der Waals surface area contributed by atoms with Crippen LogP contribution in [0.15, 0.2) is 30.3 Å². The fraction of sp³-hybridized carbons (Fsp3) is 0.368. The molecule has 1 aliphatic rings. The molecular weight excluding hydrogens is 320 g/mol. The number of nitrogens with zero attached hydrogens (tertiary/aromatic N) is 1. The normalized spacial score (nSPS) is 16.7. The Morgan fingerprint density at radius 1 is 1.24 bits per heavy atom. The van der Waals surface area contributed by atoms with Gasteiger partial charge in [-0.1, -0.05) is 29.8 Å². The van der Waals surface area contributed by atoms with E-state index in [1.165, 1.54) is 19.8 Å². The fourth-order valence-corrected chi connectivity index (χ4v) is 3.55. The monoisotopic (exact) mass is 342 g/mol. The second kappa shape index (κ2) is 7.11. The van der Waals surface area contributed by atoms with Gasteiger partial charge < -0.3 is 14.8 Å². The van der Waals surface area contributed by atoms with Crippen LogP contribution >= 0.6 is 0 Å². The predicted molar refractivity (Wildman–Crippen MR) is 95.8 cm³/mol. The van der Waals surface area contributed by atoms with Gasteiger partial charge in [-0.2, -0.15) is 0 Å². The molecule has 0 spiro atoms. The minimum atomic E-state index is -0.362. The van der Waals surface area contributed by atoms with Gasteiger partial charge in [-0.25, -0.2) is 0 Å². The van der Waals surface area contributed by atoms with Crippen LogP contribution in [0.5, 0.6) is 11.5 Å². The molecule has 0 aliphatic carbocycles. The molecule has 0 aromatic heterocycles. The van der Waals surface area contributed by atoms with Gasteiger partial charge in [0.15, 0.2) is 5.75 Å². The highest BCUT2D eigenvalue weighted by atomic mass is 16.6. The molecule has 3 rings (SSSR count). The maximum absolute atomic E-state index is 11.8. The van der Waals surface area contributed by atoms with Gasteiger partial charge >= 0.3 is 5.69 Å². The number of aryl methyl sites for hydroxylation is 1. The minimum absolute atomic E-state index is 0.0122. The van der Waals surface area contributed by atoms with Gasteiger partial charge in [0.25, 0.3) is 0 Å². The zero-order chi connectivity index (χ0) is 18.0. The molecule has 1 aliphatic heterocycles. The molecule has 0 saturated carbocycles. The largest absolute Gasteiger partial charge is 0.493 e. The summed E-state index contributed by atoms with van der Waals surface area (Å²) in [6.45, 7) is 3.46. The molecule has 1 N–H and O–H groups in total. The molecule has 0 fully saturated rings. The molecule has 0 amide bonds. The topological polar surface area (TPSA) is 73.6 Å². The number of nitro benzene ring substituents is 1. The van der Waals surface area contributed by atoms with Gasteiger partial charge in [-0.3, -0.25) is 10.1 Å². The summed E-state index contributed by atoms with van der Waals surface area (Å²) >= 11 is 0. The molecular formula is C19H22N2O4. The van der Waals surface area contributed by atoms with E-state index in [1.54, 1.807) is 0 Å². The van der Waals surface area contributed by atoms with E-state index >= 15 is 0 Å². The maximum atomic E-state index is 11.8. The molecule has 0 radical (unpaired) electrons. The minimum Gasteiger partial charge on any atom is -0.493 e. The smallest absolute Gasteiger partial charge is 0.318 e. The van der Waals surface area contributed by atoms with Gasteiger partial charge in [-0.05, 0) is 37.1 Å². The number of methoxy groups -OCH3 is 2. The molecule has 6 heteroatoms.